The fraction of sp³-hybridized carbons (Fsp3) is 1.00. The van der Waals surface area contributed by atoms with Gasteiger partial charge in [-0.3, -0.25) is 0 Å². The molecule has 0 aliphatic heterocycles. The van der Waals surface area contributed by atoms with Crippen molar-refractivity contribution in [1.82, 2.24) is 9.44 Å². The van der Waals surface area contributed by atoms with Crippen molar-refractivity contribution < 1.29 is 82.9 Å². The Kier molecular flexibility index (Phi) is 12.8. The smallest absolute Gasteiger partial charge is 0.431 e. The fourth-order valence-electron chi connectivity index (χ4n) is 2.98. The Bertz CT molecular complexity index is 944. The molecular formula is C17H25F14N3O5S2. The molecule has 0 atom stereocenters. The highest BCUT2D eigenvalue weighted by atomic mass is 32.2. The molecule has 0 saturated heterocycles. The number of sulfonamides is 2. The summed E-state index contributed by atoms with van der Waals surface area (Å²) in [5.41, 5.74) is -11.6. The topological polar surface area (TPSA) is 115 Å². The van der Waals surface area contributed by atoms with Gasteiger partial charge < -0.3 is 9.85 Å². The number of halogens is 14. The fourth-order valence-corrected chi connectivity index (χ4v) is 5.28. The van der Waals surface area contributed by atoms with Crippen LogP contribution in [0.4, 0.5) is 61.5 Å². The summed E-state index contributed by atoms with van der Waals surface area (Å²) in [7, 11) is -8.78. The average molecular weight is 682 g/mol. The van der Waals surface area contributed by atoms with Crippen LogP contribution in [-0.4, -0.2) is 102 Å². The highest BCUT2D eigenvalue weighted by Crippen LogP contribution is 2.49. The molecule has 0 aliphatic carbocycles. The monoisotopic (exact) mass is 681 g/mol. The molecular weight excluding hydrogens is 656 g/mol. The minimum atomic E-state index is -6.46. The van der Waals surface area contributed by atoms with Gasteiger partial charge in [0.05, 0.1) is 31.6 Å². The molecule has 0 unspecified atom stereocenters. The maximum atomic E-state index is 13.6. The Morgan fingerprint density at radius 1 is 0.561 bits per heavy atom. The highest BCUT2D eigenvalue weighted by Gasteiger charge is 2.73. The first-order valence-electron chi connectivity index (χ1n) is 11.0. The number of hydrogen-bond acceptors (Lipinski definition) is 5. The summed E-state index contributed by atoms with van der Waals surface area (Å²) in [5.74, 6) is -3.83. The number of alkyl halides is 14. The molecule has 0 heterocycles. The number of nitrogens with zero attached hydrogens (tertiary/aromatic N) is 1. The molecule has 0 radical (unpaired) electrons. The van der Waals surface area contributed by atoms with E-state index in [0.717, 1.165) is 7.05 Å². The maximum Gasteiger partial charge on any atom is 0.431 e. The van der Waals surface area contributed by atoms with Gasteiger partial charge in [-0.25, -0.2) is 35.1 Å². The number of hydrogen-bond donors (Lipinski definition) is 2. The molecule has 0 fully saturated rings. The molecule has 0 bridgehead atoms. The lowest BCUT2D eigenvalue weighted by atomic mass is 10.0. The number of rotatable bonds is 16. The Balaban J connectivity index is 4.72. The molecule has 0 aromatic carbocycles. The SMILES string of the molecule is C[N+]([O-])(CCCNS(=O)(=O)CCC(F)(C(F)(F)F)C(F)(F)F)CCCNS(=O)(=O)CCC(F)(C(F)(F)F)C(F)(F)F. The van der Waals surface area contributed by atoms with Gasteiger partial charge in [0.25, 0.3) is 11.3 Å². The van der Waals surface area contributed by atoms with Crippen molar-refractivity contribution in [2.75, 3.05) is 44.7 Å². The van der Waals surface area contributed by atoms with Gasteiger partial charge in [0.15, 0.2) is 0 Å². The second-order valence-electron chi connectivity index (χ2n) is 8.97. The summed E-state index contributed by atoms with van der Waals surface area (Å²) in [6.07, 6.45) is -31.6. The van der Waals surface area contributed by atoms with Crippen molar-refractivity contribution in [2.45, 2.75) is 61.7 Å². The van der Waals surface area contributed by atoms with Gasteiger partial charge in [0.1, 0.15) is 0 Å². The third kappa shape index (κ3) is 11.8. The number of hydroxylamine groups is 3. The van der Waals surface area contributed by atoms with Crippen LogP contribution in [0.3, 0.4) is 0 Å². The molecule has 2 N–H and O–H groups in total. The van der Waals surface area contributed by atoms with E-state index in [0.29, 0.717) is 0 Å². The van der Waals surface area contributed by atoms with Gasteiger partial charge >= 0.3 is 24.7 Å². The van der Waals surface area contributed by atoms with Crippen LogP contribution >= 0.6 is 0 Å². The van der Waals surface area contributed by atoms with Crippen LogP contribution in [0.15, 0.2) is 0 Å². The summed E-state index contributed by atoms with van der Waals surface area (Å²) >= 11 is 0. The first-order valence-corrected chi connectivity index (χ1v) is 14.3. The van der Waals surface area contributed by atoms with E-state index in [1.807, 2.05) is 0 Å². The number of nitrogens with one attached hydrogen (secondary N) is 2. The predicted octanol–water partition coefficient (Wildman–Crippen LogP) is 4.00. The summed E-state index contributed by atoms with van der Waals surface area (Å²) in [6.45, 7) is -2.33. The van der Waals surface area contributed by atoms with Crippen LogP contribution in [0.2, 0.25) is 0 Å². The minimum absolute atomic E-state index is 0.377. The lowest BCUT2D eigenvalue weighted by molar-refractivity contribution is -0.860. The summed E-state index contributed by atoms with van der Waals surface area (Å²) < 4.78 is 226. The Morgan fingerprint density at radius 2 is 0.805 bits per heavy atom. The van der Waals surface area contributed by atoms with Crippen molar-refractivity contribution >= 4 is 20.0 Å². The van der Waals surface area contributed by atoms with Gasteiger partial charge in [-0.15, -0.1) is 0 Å². The van der Waals surface area contributed by atoms with Crippen LogP contribution < -0.4 is 9.44 Å². The molecule has 0 spiro atoms. The molecule has 0 rings (SSSR count). The van der Waals surface area contributed by atoms with Crippen LogP contribution in [0.25, 0.3) is 0 Å². The second kappa shape index (κ2) is 13.2. The van der Waals surface area contributed by atoms with Gasteiger partial charge in [-0.2, -0.15) is 52.7 Å². The molecule has 0 aromatic heterocycles. The molecule has 24 heteroatoms. The Hall–Kier alpha value is -1.24. The van der Waals surface area contributed by atoms with Gasteiger partial charge in [0, 0.05) is 38.8 Å². The van der Waals surface area contributed by atoms with Crippen molar-refractivity contribution in [3.05, 3.63) is 5.21 Å². The van der Waals surface area contributed by atoms with E-state index in [9.17, 15) is 83.5 Å². The third-order valence-corrected chi connectivity index (χ3v) is 8.26. The van der Waals surface area contributed by atoms with E-state index < -0.39 is 111 Å². The Morgan fingerprint density at radius 3 is 1.02 bits per heavy atom. The minimum Gasteiger partial charge on any atom is -0.633 e. The molecule has 8 nitrogen and oxygen atoms in total. The van der Waals surface area contributed by atoms with Crippen molar-refractivity contribution in [3.63, 3.8) is 0 Å². The van der Waals surface area contributed by atoms with Crippen molar-refractivity contribution in [3.8, 4) is 0 Å². The average Bonchev–Trinajstić information content (AvgIpc) is 2.73. The van der Waals surface area contributed by atoms with E-state index in [1.54, 1.807) is 9.44 Å². The molecule has 0 aromatic rings. The second-order valence-corrected chi connectivity index (χ2v) is 12.8. The summed E-state index contributed by atoms with van der Waals surface area (Å²) in [5, 5.41) is 12.3. The molecule has 0 saturated carbocycles. The molecule has 0 aliphatic rings. The van der Waals surface area contributed by atoms with Crippen LogP contribution in [0.5, 0.6) is 0 Å². The maximum absolute atomic E-state index is 13.6. The lowest BCUT2D eigenvalue weighted by Crippen LogP contribution is -2.54. The quantitative estimate of drug-likeness (QED) is 0.111. The lowest BCUT2D eigenvalue weighted by Gasteiger charge is -2.38. The standard InChI is InChI=1S/C17H25F14N3O5S2/c1-34(35,8-2-6-32-40(36,37)10-4-12(18,14(20,21)22)15(23,24)25)9-3-7-33-41(38,39)11-5-13(19,16(26,27)28)17(29,30)31/h32-33H,2-11H2,1H3. The summed E-state index contributed by atoms with van der Waals surface area (Å²) in [4.78, 5) is 0. The van der Waals surface area contributed by atoms with Gasteiger partial charge in [0.2, 0.25) is 20.0 Å². The van der Waals surface area contributed by atoms with Gasteiger partial charge in [-0.1, -0.05) is 0 Å². The largest absolute Gasteiger partial charge is 0.633 e. The number of quaternary nitrogens is 1. The predicted molar refractivity (Wildman–Crippen MR) is 113 cm³/mol. The first kappa shape index (κ1) is 39.8. The van der Waals surface area contributed by atoms with Crippen molar-refractivity contribution in [1.29, 1.82) is 0 Å². The zero-order valence-electron chi connectivity index (χ0n) is 20.7. The zero-order chi connectivity index (χ0) is 33.0. The van der Waals surface area contributed by atoms with Crippen LogP contribution in [0, 0.1) is 5.21 Å². The summed E-state index contributed by atoms with van der Waals surface area (Å²) in [6, 6.07) is 0. The first-order chi connectivity index (χ1) is 17.8. The normalized spacial score (nSPS) is 15.4. The van der Waals surface area contributed by atoms with Crippen LogP contribution in [-0.2, 0) is 20.0 Å². The van der Waals surface area contributed by atoms with E-state index in [4.69, 9.17) is 0 Å². The van der Waals surface area contributed by atoms with E-state index in [-0.39, 0.29) is 12.8 Å². The van der Waals surface area contributed by atoms with Crippen molar-refractivity contribution in [2.24, 2.45) is 0 Å². The molecule has 248 valence electrons. The molecule has 41 heavy (non-hydrogen) atoms. The Labute approximate surface area is 224 Å². The highest BCUT2D eigenvalue weighted by molar-refractivity contribution is 7.89. The van der Waals surface area contributed by atoms with E-state index in [2.05, 4.69) is 0 Å². The van der Waals surface area contributed by atoms with E-state index >= 15 is 0 Å². The third-order valence-electron chi connectivity index (χ3n) is 5.49. The zero-order valence-corrected chi connectivity index (χ0v) is 22.3. The van der Waals surface area contributed by atoms with Crippen LogP contribution in [0.1, 0.15) is 25.7 Å². The van der Waals surface area contributed by atoms with Gasteiger partial charge in [-0.05, 0) is 0 Å². The molecule has 0 amide bonds. The van der Waals surface area contributed by atoms with E-state index in [1.165, 1.54) is 0 Å².